The van der Waals surface area contributed by atoms with Crippen molar-refractivity contribution in [2.24, 2.45) is 0 Å². The molecule has 1 heterocycles. The molecule has 0 saturated carbocycles. The van der Waals surface area contributed by atoms with E-state index in [2.05, 4.69) is 71.7 Å². The van der Waals surface area contributed by atoms with Crippen LogP contribution < -0.4 is 5.32 Å². The van der Waals surface area contributed by atoms with Gasteiger partial charge >= 0.3 is 0 Å². The van der Waals surface area contributed by atoms with E-state index in [1.165, 1.54) is 16.7 Å². The highest BCUT2D eigenvalue weighted by molar-refractivity contribution is 5.36. The maximum absolute atomic E-state index is 6.44. The Hall–Kier alpha value is -1.68. The largest absolute Gasteiger partial charge is 0.372 e. The molecule has 0 bridgehead atoms. The van der Waals surface area contributed by atoms with E-state index in [0.717, 1.165) is 45.6 Å². The number of rotatable bonds is 5. The Bertz CT molecular complexity index is 669. The van der Waals surface area contributed by atoms with E-state index in [1.54, 1.807) is 0 Å². The number of hydrogen-bond donors (Lipinski definition) is 1. The van der Waals surface area contributed by atoms with Crippen molar-refractivity contribution in [3.63, 3.8) is 0 Å². The van der Waals surface area contributed by atoms with Crippen molar-refractivity contribution < 1.29 is 4.74 Å². The quantitative estimate of drug-likeness (QED) is 0.907. The predicted molar refractivity (Wildman–Crippen MR) is 102 cm³/mol. The molecule has 3 nitrogen and oxygen atoms in total. The highest BCUT2D eigenvalue weighted by atomic mass is 16.5. The molecule has 1 saturated heterocycles. The fourth-order valence-corrected chi connectivity index (χ4v) is 4.33. The third-order valence-corrected chi connectivity index (χ3v) is 5.82. The van der Waals surface area contributed by atoms with Crippen molar-refractivity contribution in [1.82, 2.24) is 10.2 Å². The molecule has 1 atom stereocenters. The second-order valence-corrected chi connectivity index (χ2v) is 7.45. The molecule has 0 aromatic heterocycles. The zero-order chi connectivity index (χ0) is 17.1. The Morgan fingerprint density at radius 2 is 1.56 bits per heavy atom. The lowest BCUT2D eigenvalue weighted by atomic mass is 9.93. The van der Waals surface area contributed by atoms with E-state index in [9.17, 15) is 0 Å². The van der Waals surface area contributed by atoms with Gasteiger partial charge in [-0.3, -0.25) is 4.90 Å². The molecule has 2 aromatic rings. The van der Waals surface area contributed by atoms with Crippen LogP contribution in [-0.2, 0) is 17.6 Å². The molecule has 0 radical (unpaired) electrons. The second kappa shape index (κ2) is 7.28. The zero-order valence-corrected chi connectivity index (χ0v) is 15.1. The molecule has 132 valence electrons. The molecule has 1 N–H and O–H groups in total. The molecule has 0 unspecified atom stereocenters. The van der Waals surface area contributed by atoms with Gasteiger partial charge in [-0.05, 0) is 36.5 Å². The first-order chi connectivity index (χ1) is 12.3. The Balaban J connectivity index is 1.52. The summed E-state index contributed by atoms with van der Waals surface area (Å²) in [5, 5.41) is 3.48. The van der Waals surface area contributed by atoms with Gasteiger partial charge in [-0.15, -0.1) is 0 Å². The van der Waals surface area contributed by atoms with Gasteiger partial charge in [0.25, 0.3) is 0 Å². The van der Waals surface area contributed by atoms with Gasteiger partial charge in [0.15, 0.2) is 0 Å². The number of nitrogens with one attached hydrogen (secondary N) is 1. The van der Waals surface area contributed by atoms with Gasteiger partial charge in [0, 0.05) is 26.2 Å². The molecule has 2 aliphatic rings. The first-order valence-electron chi connectivity index (χ1n) is 9.46. The summed E-state index contributed by atoms with van der Waals surface area (Å²) in [7, 11) is 0. The van der Waals surface area contributed by atoms with Crippen LogP contribution in [-0.4, -0.2) is 43.2 Å². The average molecular weight is 336 g/mol. The van der Waals surface area contributed by atoms with Gasteiger partial charge in [-0.25, -0.2) is 0 Å². The summed E-state index contributed by atoms with van der Waals surface area (Å²) in [4.78, 5) is 2.67. The fraction of sp³-hybridized carbons (Fsp3) is 0.455. The third-order valence-electron chi connectivity index (χ3n) is 5.82. The first kappa shape index (κ1) is 16.8. The van der Waals surface area contributed by atoms with E-state index in [-0.39, 0.29) is 11.6 Å². The summed E-state index contributed by atoms with van der Waals surface area (Å²) in [5.41, 5.74) is 4.36. The SMILES string of the molecule is C[C@H](OCC1(N2CCNCC2)Cc2ccccc2C1)c1ccccc1. The zero-order valence-electron chi connectivity index (χ0n) is 15.1. The van der Waals surface area contributed by atoms with Crippen LogP contribution in [0.2, 0.25) is 0 Å². The molecule has 0 spiro atoms. The van der Waals surface area contributed by atoms with Crippen LogP contribution >= 0.6 is 0 Å². The topological polar surface area (TPSA) is 24.5 Å². The molecule has 2 aromatic carbocycles. The van der Waals surface area contributed by atoms with E-state index < -0.39 is 0 Å². The lowest BCUT2D eigenvalue weighted by Gasteiger charge is -2.44. The number of benzene rings is 2. The minimum absolute atomic E-state index is 0.106. The molecule has 1 aliphatic heterocycles. The van der Waals surface area contributed by atoms with Gasteiger partial charge in [0.05, 0.1) is 18.2 Å². The maximum Gasteiger partial charge on any atom is 0.0797 e. The minimum atomic E-state index is 0.106. The number of piperazine rings is 1. The summed E-state index contributed by atoms with van der Waals surface area (Å²) in [5.74, 6) is 0. The lowest BCUT2D eigenvalue weighted by Crippen LogP contribution is -2.59. The normalized spacial score (nSPS) is 21.0. The smallest absolute Gasteiger partial charge is 0.0797 e. The standard InChI is InChI=1S/C22H28N2O/c1-18(19-7-3-2-4-8-19)25-17-22(24-13-11-23-12-14-24)15-20-9-5-6-10-21(20)16-22/h2-10,18,23H,11-17H2,1H3/t18-/m0/s1. The first-order valence-corrected chi connectivity index (χ1v) is 9.46. The van der Waals surface area contributed by atoms with Crippen molar-refractivity contribution in [3.8, 4) is 0 Å². The van der Waals surface area contributed by atoms with Crippen LogP contribution in [0.4, 0.5) is 0 Å². The Morgan fingerprint density at radius 1 is 0.960 bits per heavy atom. The van der Waals surface area contributed by atoms with E-state index >= 15 is 0 Å². The second-order valence-electron chi connectivity index (χ2n) is 7.45. The van der Waals surface area contributed by atoms with Gasteiger partial charge < -0.3 is 10.1 Å². The maximum atomic E-state index is 6.44. The third kappa shape index (κ3) is 3.50. The monoisotopic (exact) mass is 336 g/mol. The number of nitrogens with zero attached hydrogens (tertiary/aromatic N) is 1. The molecule has 1 aliphatic carbocycles. The number of hydrogen-bond acceptors (Lipinski definition) is 3. The van der Waals surface area contributed by atoms with Crippen molar-refractivity contribution in [2.75, 3.05) is 32.8 Å². The lowest BCUT2D eigenvalue weighted by molar-refractivity contribution is -0.0379. The number of fused-ring (bicyclic) bond motifs is 1. The molecular weight excluding hydrogens is 308 g/mol. The average Bonchev–Trinajstić information content (AvgIpc) is 3.07. The summed E-state index contributed by atoms with van der Waals surface area (Å²) >= 11 is 0. The van der Waals surface area contributed by atoms with Crippen molar-refractivity contribution in [1.29, 1.82) is 0 Å². The number of ether oxygens (including phenoxy) is 1. The van der Waals surface area contributed by atoms with Crippen LogP contribution in [0.3, 0.4) is 0 Å². The molecule has 4 rings (SSSR count). The van der Waals surface area contributed by atoms with Crippen LogP contribution in [0.25, 0.3) is 0 Å². The summed E-state index contributed by atoms with van der Waals surface area (Å²) in [6, 6.07) is 19.5. The molecule has 1 fully saturated rings. The van der Waals surface area contributed by atoms with Gasteiger partial charge in [-0.2, -0.15) is 0 Å². The van der Waals surface area contributed by atoms with Crippen LogP contribution in [0.5, 0.6) is 0 Å². The Labute approximate surface area is 151 Å². The fourth-order valence-electron chi connectivity index (χ4n) is 4.33. The van der Waals surface area contributed by atoms with E-state index in [0.29, 0.717) is 0 Å². The van der Waals surface area contributed by atoms with E-state index in [1.807, 2.05) is 0 Å². The van der Waals surface area contributed by atoms with Crippen molar-refractivity contribution >= 4 is 0 Å². The molecule has 3 heteroatoms. The Kier molecular flexibility index (Phi) is 4.89. The molecular formula is C22H28N2O. The van der Waals surface area contributed by atoms with Gasteiger partial charge in [-0.1, -0.05) is 54.6 Å². The van der Waals surface area contributed by atoms with Crippen LogP contribution in [0.15, 0.2) is 54.6 Å². The van der Waals surface area contributed by atoms with Crippen molar-refractivity contribution in [3.05, 3.63) is 71.3 Å². The summed E-state index contributed by atoms with van der Waals surface area (Å²) < 4.78 is 6.44. The Morgan fingerprint density at radius 3 is 2.20 bits per heavy atom. The molecule has 25 heavy (non-hydrogen) atoms. The van der Waals surface area contributed by atoms with Crippen LogP contribution in [0.1, 0.15) is 29.7 Å². The highest BCUT2D eigenvalue weighted by Gasteiger charge is 2.43. The highest BCUT2D eigenvalue weighted by Crippen LogP contribution is 2.36. The van der Waals surface area contributed by atoms with Gasteiger partial charge in [0.1, 0.15) is 0 Å². The van der Waals surface area contributed by atoms with Gasteiger partial charge in [0.2, 0.25) is 0 Å². The van der Waals surface area contributed by atoms with Crippen molar-refractivity contribution in [2.45, 2.75) is 31.4 Å². The molecule has 0 amide bonds. The summed E-state index contributed by atoms with van der Waals surface area (Å²) in [6.07, 6.45) is 2.33. The van der Waals surface area contributed by atoms with E-state index in [4.69, 9.17) is 4.74 Å². The minimum Gasteiger partial charge on any atom is -0.372 e. The van der Waals surface area contributed by atoms with Crippen LogP contribution in [0, 0.1) is 0 Å². The predicted octanol–water partition coefficient (Wildman–Crippen LogP) is 3.21. The summed E-state index contributed by atoms with van der Waals surface area (Å²) in [6.45, 7) is 7.33.